The topological polar surface area (TPSA) is 58.6 Å². The van der Waals surface area contributed by atoms with Crippen LogP contribution >= 0.6 is 0 Å². The Hall–Kier alpha value is -1.89. The molecule has 0 radical (unpaired) electrons. The Morgan fingerprint density at radius 3 is 2.29 bits per heavy atom. The first-order valence-electron chi connectivity index (χ1n) is 7.88. The molecule has 0 atom stereocenters. The molecule has 0 saturated heterocycles. The maximum absolute atomic E-state index is 12.4. The van der Waals surface area contributed by atoms with E-state index in [2.05, 4.69) is 5.32 Å². The fourth-order valence-corrected chi connectivity index (χ4v) is 3.43. The highest BCUT2D eigenvalue weighted by atomic mass is 32.2. The first-order valence-corrected chi connectivity index (χ1v) is 9.32. The largest absolute Gasteiger partial charge is 0.494 e. The smallest absolute Gasteiger partial charge is 0.242 e. The average molecular weight is 348 g/mol. The maximum atomic E-state index is 12.4. The molecule has 0 amide bonds. The monoisotopic (exact) mass is 348 g/mol. The van der Waals surface area contributed by atoms with E-state index in [4.69, 9.17) is 4.74 Å². The van der Waals surface area contributed by atoms with Gasteiger partial charge in [-0.3, -0.25) is 0 Å². The van der Waals surface area contributed by atoms with Gasteiger partial charge in [-0.25, -0.2) is 12.7 Å². The minimum Gasteiger partial charge on any atom is -0.494 e. The third kappa shape index (κ3) is 4.56. The highest BCUT2D eigenvalue weighted by Crippen LogP contribution is 2.18. The summed E-state index contributed by atoms with van der Waals surface area (Å²) >= 11 is 0. The van der Waals surface area contributed by atoms with Crippen LogP contribution in [0.1, 0.15) is 18.1 Å². The van der Waals surface area contributed by atoms with E-state index in [-0.39, 0.29) is 0 Å². The second kappa shape index (κ2) is 8.28. The van der Waals surface area contributed by atoms with Gasteiger partial charge < -0.3 is 10.1 Å². The molecule has 0 aromatic heterocycles. The van der Waals surface area contributed by atoms with Gasteiger partial charge in [0.05, 0.1) is 11.5 Å². The molecule has 6 heteroatoms. The predicted octanol–water partition coefficient (Wildman–Crippen LogP) is 2.63. The van der Waals surface area contributed by atoms with E-state index in [9.17, 15) is 8.42 Å². The minimum atomic E-state index is -3.44. The zero-order valence-electron chi connectivity index (χ0n) is 14.3. The number of benzene rings is 2. The zero-order chi connectivity index (χ0) is 17.6. The second-order valence-electron chi connectivity index (χ2n) is 5.58. The van der Waals surface area contributed by atoms with Crippen molar-refractivity contribution in [2.45, 2.75) is 24.9 Å². The molecule has 0 unspecified atom stereocenters. The summed E-state index contributed by atoms with van der Waals surface area (Å²) in [5.41, 5.74) is 1.88. The van der Waals surface area contributed by atoms with Gasteiger partial charge in [0.2, 0.25) is 10.0 Å². The summed E-state index contributed by atoms with van der Waals surface area (Å²) in [6.07, 6.45) is 0. The normalized spacial score (nSPS) is 11.7. The average Bonchev–Trinajstić information content (AvgIpc) is 2.57. The Morgan fingerprint density at radius 2 is 1.67 bits per heavy atom. The van der Waals surface area contributed by atoms with E-state index in [0.717, 1.165) is 16.9 Å². The van der Waals surface area contributed by atoms with Crippen molar-refractivity contribution >= 4 is 10.0 Å². The summed E-state index contributed by atoms with van der Waals surface area (Å²) in [6, 6.07) is 14.9. The maximum Gasteiger partial charge on any atom is 0.242 e. The van der Waals surface area contributed by atoms with E-state index in [1.165, 1.54) is 4.31 Å². The van der Waals surface area contributed by atoms with Gasteiger partial charge in [0, 0.05) is 27.2 Å². The Bertz CT molecular complexity index is 756. The summed E-state index contributed by atoms with van der Waals surface area (Å²) in [4.78, 5) is 0.342. The molecule has 0 heterocycles. The lowest BCUT2D eigenvalue weighted by atomic mass is 10.2. The van der Waals surface area contributed by atoms with Gasteiger partial charge in [0.15, 0.2) is 0 Å². The van der Waals surface area contributed by atoms with Crippen molar-refractivity contribution in [2.75, 3.05) is 20.7 Å². The van der Waals surface area contributed by atoms with Gasteiger partial charge in [0.25, 0.3) is 0 Å². The fourth-order valence-electron chi connectivity index (χ4n) is 2.31. The van der Waals surface area contributed by atoms with E-state index in [0.29, 0.717) is 24.6 Å². The van der Waals surface area contributed by atoms with Crippen LogP contribution in [0, 0.1) is 0 Å². The van der Waals surface area contributed by atoms with Crippen LogP contribution in [0.4, 0.5) is 0 Å². The fraction of sp³-hybridized carbons (Fsp3) is 0.333. The van der Waals surface area contributed by atoms with Gasteiger partial charge in [0.1, 0.15) is 5.75 Å². The molecule has 2 aromatic carbocycles. The Kier molecular flexibility index (Phi) is 6.36. The molecule has 2 rings (SSSR count). The highest BCUT2D eigenvalue weighted by molar-refractivity contribution is 7.89. The number of nitrogens with one attached hydrogen (secondary N) is 1. The number of rotatable bonds is 8. The molecule has 2 aromatic rings. The van der Waals surface area contributed by atoms with Crippen LogP contribution in [0.5, 0.6) is 5.75 Å². The highest BCUT2D eigenvalue weighted by Gasteiger charge is 2.20. The van der Waals surface area contributed by atoms with Crippen LogP contribution in [0.15, 0.2) is 53.4 Å². The quantitative estimate of drug-likeness (QED) is 0.797. The lowest BCUT2D eigenvalue weighted by molar-refractivity contribution is 0.340. The summed E-state index contributed by atoms with van der Waals surface area (Å²) in [7, 11) is -0.355. The molecule has 1 N–H and O–H groups in total. The lowest BCUT2D eigenvalue weighted by Crippen LogP contribution is -2.24. The number of hydrogen-bond donors (Lipinski definition) is 1. The van der Waals surface area contributed by atoms with Crippen molar-refractivity contribution in [3.05, 3.63) is 59.7 Å². The van der Waals surface area contributed by atoms with Crippen LogP contribution < -0.4 is 10.1 Å². The van der Waals surface area contributed by atoms with Crippen molar-refractivity contribution in [3.8, 4) is 5.75 Å². The molecule has 0 bridgehead atoms. The van der Waals surface area contributed by atoms with E-state index in [1.807, 2.05) is 43.3 Å². The molecule has 130 valence electrons. The van der Waals surface area contributed by atoms with Gasteiger partial charge in [-0.15, -0.1) is 0 Å². The lowest BCUT2D eigenvalue weighted by Gasteiger charge is -2.15. The molecule has 0 saturated carbocycles. The minimum absolute atomic E-state index is 0.342. The van der Waals surface area contributed by atoms with Gasteiger partial charge in [-0.1, -0.05) is 30.3 Å². The molecule has 0 aliphatic rings. The summed E-state index contributed by atoms with van der Waals surface area (Å²) in [5, 5.41) is 3.30. The van der Waals surface area contributed by atoms with Crippen LogP contribution in [-0.4, -0.2) is 33.4 Å². The molecule has 0 fully saturated rings. The van der Waals surface area contributed by atoms with Crippen LogP contribution in [0.3, 0.4) is 0 Å². The molecule has 24 heavy (non-hydrogen) atoms. The van der Waals surface area contributed by atoms with Crippen LogP contribution in [0.25, 0.3) is 0 Å². The van der Waals surface area contributed by atoms with Gasteiger partial charge >= 0.3 is 0 Å². The first kappa shape index (κ1) is 18.4. The van der Waals surface area contributed by atoms with Crippen LogP contribution in [0.2, 0.25) is 0 Å². The molecule has 5 nitrogen and oxygen atoms in total. The Morgan fingerprint density at radius 1 is 1.00 bits per heavy atom. The van der Waals surface area contributed by atoms with Crippen molar-refractivity contribution in [1.29, 1.82) is 0 Å². The van der Waals surface area contributed by atoms with Gasteiger partial charge in [-0.2, -0.15) is 0 Å². The second-order valence-corrected chi connectivity index (χ2v) is 7.70. The molecule has 0 spiro atoms. The first-order chi connectivity index (χ1) is 11.4. The number of sulfonamides is 1. The van der Waals surface area contributed by atoms with E-state index < -0.39 is 10.0 Å². The summed E-state index contributed by atoms with van der Waals surface area (Å²) < 4.78 is 31.4. The standard InChI is InChI=1S/C18H24N2O3S/c1-4-23-17-11-9-15(10-12-17)13-19-14-16-7-5-6-8-18(16)24(21,22)20(2)3/h5-12,19H,4,13-14H2,1-3H3. The predicted molar refractivity (Wildman–Crippen MR) is 95.5 cm³/mol. The third-order valence-electron chi connectivity index (χ3n) is 3.61. The van der Waals surface area contributed by atoms with Crippen LogP contribution in [-0.2, 0) is 23.1 Å². The number of nitrogens with zero attached hydrogens (tertiary/aromatic N) is 1. The Labute approximate surface area is 144 Å². The Balaban J connectivity index is 2.03. The molecular weight excluding hydrogens is 324 g/mol. The molecule has 0 aliphatic carbocycles. The van der Waals surface area contributed by atoms with Crippen molar-refractivity contribution in [3.63, 3.8) is 0 Å². The number of ether oxygens (including phenoxy) is 1. The van der Waals surface area contributed by atoms with Crippen molar-refractivity contribution in [1.82, 2.24) is 9.62 Å². The SMILES string of the molecule is CCOc1ccc(CNCc2ccccc2S(=O)(=O)N(C)C)cc1. The molecule has 0 aliphatic heterocycles. The summed E-state index contributed by atoms with van der Waals surface area (Å²) in [5.74, 6) is 0.851. The van der Waals surface area contributed by atoms with Crippen molar-refractivity contribution < 1.29 is 13.2 Å². The molecular formula is C18H24N2O3S. The van der Waals surface area contributed by atoms with Gasteiger partial charge in [-0.05, 0) is 36.2 Å². The summed E-state index contributed by atoms with van der Waals surface area (Å²) in [6.45, 7) is 3.74. The zero-order valence-corrected chi connectivity index (χ0v) is 15.1. The third-order valence-corrected chi connectivity index (χ3v) is 5.53. The van der Waals surface area contributed by atoms with E-state index in [1.54, 1.807) is 26.2 Å². The van der Waals surface area contributed by atoms with Crippen molar-refractivity contribution in [2.24, 2.45) is 0 Å². The number of hydrogen-bond acceptors (Lipinski definition) is 4. The van der Waals surface area contributed by atoms with E-state index >= 15 is 0 Å².